The van der Waals surface area contributed by atoms with Crippen molar-refractivity contribution in [2.45, 2.75) is 12.3 Å². The number of para-hydroxylation sites is 1. The van der Waals surface area contributed by atoms with Crippen molar-refractivity contribution >= 4 is 5.69 Å². The van der Waals surface area contributed by atoms with E-state index in [2.05, 4.69) is 4.90 Å². The third kappa shape index (κ3) is 2.53. The Hall–Kier alpha value is -1.91. The molecule has 1 N–H and O–H groups in total. The smallest absolute Gasteiger partial charge is 0.157 e. The fourth-order valence-corrected chi connectivity index (χ4v) is 2.46. The zero-order valence-corrected chi connectivity index (χ0v) is 10.9. The molecule has 1 aliphatic rings. The van der Waals surface area contributed by atoms with Gasteiger partial charge in [0.25, 0.3) is 0 Å². The molecule has 3 rings (SSSR count). The Morgan fingerprint density at radius 1 is 1.10 bits per heavy atom. The third-order valence-electron chi connectivity index (χ3n) is 3.45. The minimum Gasteiger partial charge on any atom is -0.394 e. The zero-order chi connectivity index (χ0) is 13.9. The SMILES string of the molecule is OCC1CN(c2ccccc2)C(c2ccc(F)cc2)O1. The number of ether oxygens (including phenoxy) is 1. The summed E-state index contributed by atoms with van der Waals surface area (Å²) in [6.07, 6.45) is -0.527. The molecule has 4 heteroatoms. The topological polar surface area (TPSA) is 32.7 Å². The molecule has 2 atom stereocenters. The van der Waals surface area contributed by atoms with Crippen LogP contribution in [0.5, 0.6) is 0 Å². The summed E-state index contributed by atoms with van der Waals surface area (Å²) in [5.74, 6) is -0.267. The van der Waals surface area contributed by atoms with Crippen molar-refractivity contribution < 1.29 is 14.2 Å². The van der Waals surface area contributed by atoms with Crippen molar-refractivity contribution in [3.63, 3.8) is 0 Å². The highest BCUT2D eigenvalue weighted by atomic mass is 19.1. The molecule has 0 radical (unpaired) electrons. The molecule has 20 heavy (non-hydrogen) atoms. The van der Waals surface area contributed by atoms with Crippen LogP contribution >= 0.6 is 0 Å². The molecule has 1 saturated heterocycles. The lowest BCUT2D eigenvalue weighted by Crippen LogP contribution is -2.25. The zero-order valence-electron chi connectivity index (χ0n) is 10.9. The van der Waals surface area contributed by atoms with Crippen LogP contribution in [0.15, 0.2) is 54.6 Å². The molecule has 0 spiro atoms. The van der Waals surface area contributed by atoms with Crippen molar-refractivity contribution in [1.82, 2.24) is 0 Å². The lowest BCUT2D eigenvalue weighted by atomic mass is 10.1. The van der Waals surface area contributed by atoms with Gasteiger partial charge in [-0.3, -0.25) is 0 Å². The number of aliphatic hydroxyl groups is 1. The van der Waals surface area contributed by atoms with Crippen LogP contribution in [0.1, 0.15) is 11.8 Å². The Kier molecular flexibility index (Phi) is 3.67. The highest BCUT2D eigenvalue weighted by Crippen LogP contribution is 2.34. The van der Waals surface area contributed by atoms with Gasteiger partial charge in [-0.2, -0.15) is 0 Å². The van der Waals surface area contributed by atoms with Gasteiger partial charge in [0.05, 0.1) is 6.61 Å². The maximum absolute atomic E-state index is 13.0. The van der Waals surface area contributed by atoms with Crippen molar-refractivity contribution in [3.8, 4) is 0 Å². The number of benzene rings is 2. The van der Waals surface area contributed by atoms with Gasteiger partial charge in [0.15, 0.2) is 6.23 Å². The lowest BCUT2D eigenvalue weighted by molar-refractivity contribution is 0.0147. The minimum absolute atomic E-state index is 0.0268. The number of nitrogens with zero attached hydrogens (tertiary/aromatic N) is 1. The standard InChI is InChI=1S/C16H16FNO2/c17-13-8-6-12(7-9-13)16-18(10-15(11-19)20-16)14-4-2-1-3-5-14/h1-9,15-16,19H,10-11H2. The van der Waals surface area contributed by atoms with Crippen LogP contribution in [0.2, 0.25) is 0 Å². The minimum atomic E-state index is -0.296. The molecule has 1 heterocycles. The highest BCUT2D eigenvalue weighted by molar-refractivity contribution is 5.49. The van der Waals surface area contributed by atoms with Gasteiger partial charge in [-0.05, 0) is 24.3 Å². The molecular formula is C16H16FNO2. The summed E-state index contributed by atoms with van der Waals surface area (Å²) in [5, 5.41) is 9.33. The van der Waals surface area contributed by atoms with Gasteiger partial charge in [-0.25, -0.2) is 4.39 Å². The monoisotopic (exact) mass is 273 g/mol. The quantitative estimate of drug-likeness (QED) is 0.933. The number of halogens is 1. The van der Waals surface area contributed by atoms with Crippen LogP contribution < -0.4 is 4.90 Å². The first kappa shape index (κ1) is 13.1. The van der Waals surface area contributed by atoms with E-state index in [9.17, 15) is 9.50 Å². The van der Waals surface area contributed by atoms with Gasteiger partial charge in [0, 0.05) is 17.8 Å². The summed E-state index contributed by atoms with van der Waals surface area (Å²) in [5.41, 5.74) is 1.91. The Morgan fingerprint density at radius 2 is 1.80 bits per heavy atom. The van der Waals surface area contributed by atoms with Gasteiger partial charge in [0.2, 0.25) is 0 Å². The van der Waals surface area contributed by atoms with Gasteiger partial charge in [-0.15, -0.1) is 0 Å². The third-order valence-corrected chi connectivity index (χ3v) is 3.45. The maximum atomic E-state index is 13.0. The predicted molar refractivity (Wildman–Crippen MR) is 74.9 cm³/mol. The number of hydrogen-bond acceptors (Lipinski definition) is 3. The molecular weight excluding hydrogens is 257 g/mol. The Morgan fingerprint density at radius 3 is 2.45 bits per heavy atom. The van der Waals surface area contributed by atoms with E-state index in [0.717, 1.165) is 11.3 Å². The highest BCUT2D eigenvalue weighted by Gasteiger charge is 2.33. The Bertz CT molecular complexity index is 558. The van der Waals surface area contributed by atoms with Crippen LogP contribution in [-0.2, 0) is 4.74 Å². The summed E-state index contributed by atoms with van der Waals surface area (Å²) in [4.78, 5) is 2.08. The average Bonchev–Trinajstić information content (AvgIpc) is 2.93. The number of hydrogen-bond donors (Lipinski definition) is 1. The first-order valence-corrected chi connectivity index (χ1v) is 6.61. The largest absolute Gasteiger partial charge is 0.394 e. The van der Waals surface area contributed by atoms with Gasteiger partial charge >= 0.3 is 0 Å². The maximum Gasteiger partial charge on any atom is 0.157 e. The second kappa shape index (κ2) is 5.61. The predicted octanol–water partition coefficient (Wildman–Crippen LogP) is 2.72. The van der Waals surface area contributed by atoms with Crippen LogP contribution in [0.25, 0.3) is 0 Å². The second-order valence-corrected chi connectivity index (χ2v) is 4.83. The van der Waals surface area contributed by atoms with Gasteiger partial charge in [0.1, 0.15) is 11.9 Å². The van der Waals surface area contributed by atoms with Crippen LogP contribution in [0.4, 0.5) is 10.1 Å². The van der Waals surface area contributed by atoms with E-state index in [1.807, 2.05) is 30.3 Å². The molecule has 1 fully saturated rings. The van der Waals surface area contributed by atoms with E-state index in [1.54, 1.807) is 12.1 Å². The summed E-state index contributed by atoms with van der Waals surface area (Å²) < 4.78 is 18.9. The molecule has 0 aliphatic carbocycles. The summed E-state index contributed by atoms with van der Waals surface area (Å²) in [6, 6.07) is 16.2. The first-order valence-electron chi connectivity index (χ1n) is 6.61. The van der Waals surface area contributed by atoms with Crippen molar-refractivity contribution in [2.24, 2.45) is 0 Å². The molecule has 0 bridgehead atoms. The number of aliphatic hydroxyl groups excluding tert-OH is 1. The molecule has 0 amide bonds. The van der Waals surface area contributed by atoms with Crippen LogP contribution in [0.3, 0.4) is 0 Å². The van der Waals surface area contributed by atoms with Crippen molar-refractivity contribution in [1.29, 1.82) is 0 Å². The first-order chi connectivity index (χ1) is 9.78. The molecule has 3 nitrogen and oxygen atoms in total. The summed E-state index contributed by atoms with van der Waals surface area (Å²) >= 11 is 0. The van der Waals surface area contributed by atoms with E-state index in [4.69, 9.17) is 4.74 Å². The summed E-state index contributed by atoms with van der Waals surface area (Å²) in [6.45, 7) is 0.587. The average molecular weight is 273 g/mol. The summed E-state index contributed by atoms with van der Waals surface area (Å²) in [7, 11) is 0. The molecule has 1 aliphatic heterocycles. The molecule has 2 aromatic rings. The van der Waals surface area contributed by atoms with E-state index >= 15 is 0 Å². The molecule has 2 aromatic carbocycles. The van der Waals surface area contributed by atoms with Gasteiger partial charge in [-0.1, -0.05) is 30.3 Å². The fourth-order valence-electron chi connectivity index (χ4n) is 2.46. The Balaban J connectivity index is 1.92. The van der Waals surface area contributed by atoms with Crippen molar-refractivity contribution in [2.75, 3.05) is 18.1 Å². The second-order valence-electron chi connectivity index (χ2n) is 4.83. The van der Waals surface area contributed by atoms with Crippen LogP contribution in [-0.4, -0.2) is 24.4 Å². The van der Waals surface area contributed by atoms with Crippen LogP contribution in [0, 0.1) is 5.82 Å². The number of anilines is 1. The molecule has 2 unspecified atom stereocenters. The molecule has 0 aromatic heterocycles. The lowest BCUT2D eigenvalue weighted by Gasteiger charge is -2.25. The number of rotatable bonds is 3. The van der Waals surface area contributed by atoms with Crippen molar-refractivity contribution in [3.05, 3.63) is 66.0 Å². The van der Waals surface area contributed by atoms with E-state index in [0.29, 0.717) is 6.54 Å². The van der Waals surface area contributed by atoms with E-state index in [-0.39, 0.29) is 24.8 Å². The van der Waals surface area contributed by atoms with E-state index in [1.165, 1.54) is 12.1 Å². The normalized spacial score (nSPS) is 22.2. The fraction of sp³-hybridized carbons (Fsp3) is 0.250. The molecule has 104 valence electrons. The van der Waals surface area contributed by atoms with E-state index < -0.39 is 0 Å². The molecule has 0 saturated carbocycles. The van der Waals surface area contributed by atoms with Gasteiger partial charge < -0.3 is 14.7 Å². The Labute approximate surface area is 117 Å².